The molecule has 0 aromatic carbocycles. The summed E-state index contributed by atoms with van der Waals surface area (Å²) in [5.74, 6) is -0.486. The molecule has 0 bridgehead atoms. The van der Waals surface area contributed by atoms with Gasteiger partial charge in [-0.3, -0.25) is 4.79 Å². The van der Waals surface area contributed by atoms with E-state index in [9.17, 15) is 9.59 Å². The Balaban J connectivity index is 2.56. The van der Waals surface area contributed by atoms with Gasteiger partial charge in [-0.05, 0) is 6.92 Å². The lowest BCUT2D eigenvalue weighted by atomic mass is 9.90. The highest BCUT2D eigenvalue weighted by molar-refractivity contribution is 5.98. The number of carbonyl (C=O) groups is 2. The Morgan fingerprint density at radius 2 is 2.30 bits per heavy atom. The van der Waals surface area contributed by atoms with Gasteiger partial charge in [-0.1, -0.05) is 0 Å². The molecule has 1 aliphatic heterocycles. The highest BCUT2D eigenvalue weighted by Crippen LogP contribution is 2.19. The summed E-state index contributed by atoms with van der Waals surface area (Å²) in [6, 6.07) is 0. The second kappa shape index (κ2) is 1.97. The van der Waals surface area contributed by atoms with Crippen molar-refractivity contribution < 1.29 is 14.3 Å². The molecular formula is C6H9NO3. The first-order valence-electron chi connectivity index (χ1n) is 2.98. The minimum Gasteiger partial charge on any atom is -0.467 e. The number of amides is 1. The summed E-state index contributed by atoms with van der Waals surface area (Å²) in [5, 5.41) is 2.46. The number of nitrogens with one attached hydrogen (secondary N) is 1. The van der Waals surface area contributed by atoms with Crippen molar-refractivity contribution in [3.05, 3.63) is 0 Å². The third kappa shape index (κ3) is 0.853. The molecule has 0 saturated carbocycles. The smallest absolute Gasteiger partial charge is 0.331 e. The van der Waals surface area contributed by atoms with E-state index in [0.717, 1.165) is 0 Å². The van der Waals surface area contributed by atoms with Crippen LogP contribution in [0.1, 0.15) is 13.3 Å². The standard InChI is InChI=1S/C6H9NO3/c1-6(5(9)10-2)3-4(8)7-6/h3H2,1-2H3,(H,7,8). The van der Waals surface area contributed by atoms with Gasteiger partial charge < -0.3 is 10.1 Å². The summed E-state index contributed by atoms with van der Waals surface area (Å²) in [5.41, 5.74) is -0.758. The van der Waals surface area contributed by atoms with Crippen molar-refractivity contribution in [2.75, 3.05) is 7.11 Å². The van der Waals surface area contributed by atoms with Gasteiger partial charge in [0, 0.05) is 0 Å². The Hall–Kier alpha value is -1.06. The third-order valence-electron chi connectivity index (χ3n) is 1.57. The molecule has 1 N–H and O–H groups in total. The second-order valence-electron chi connectivity index (χ2n) is 2.55. The van der Waals surface area contributed by atoms with Crippen LogP contribution in [0.5, 0.6) is 0 Å². The first-order valence-corrected chi connectivity index (χ1v) is 2.98. The number of rotatable bonds is 1. The van der Waals surface area contributed by atoms with E-state index < -0.39 is 5.54 Å². The molecule has 0 aliphatic carbocycles. The molecule has 10 heavy (non-hydrogen) atoms. The van der Waals surface area contributed by atoms with Crippen molar-refractivity contribution in [3.63, 3.8) is 0 Å². The van der Waals surface area contributed by atoms with Crippen LogP contribution in [-0.2, 0) is 14.3 Å². The van der Waals surface area contributed by atoms with Crippen molar-refractivity contribution in [1.82, 2.24) is 5.32 Å². The highest BCUT2D eigenvalue weighted by atomic mass is 16.5. The van der Waals surface area contributed by atoms with Gasteiger partial charge in [-0.25, -0.2) is 4.79 Å². The molecule has 4 nitrogen and oxygen atoms in total. The predicted molar refractivity (Wildman–Crippen MR) is 33.2 cm³/mol. The molecule has 0 radical (unpaired) electrons. The van der Waals surface area contributed by atoms with E-state index in [1.165, 1.54) is 7.11 Å². The van der Waals surface area contributed by atoms with E-state index in [4.69, 9.17) is 0 Å². The maximum atomic E-state index is 10.8. The number of methoxy groups -OCH3 is 1. The molecule has 1 saturated heterocycles. The maximum absolute atomic E-state index is 10.8. The van der Waals surface area contributed by atoms with Crippen LogP contribution >= 0.6 is 0 Å². The molecular weight excluding hydrogens is 134 g/mol. The van der Waals surface area contributed by atoms with Crippen molar-refractivity contribution >= 4 is 11.9 Å². The molecule has 56 valence electrons. The fourth-order valence-corrected chi connectivity index (χ4v) is 0.959. The first-order chi connectivity index (χ1) is 4.58. The zero-order valence-corrected chi connectivity index (χ0v) is 5.93. The number of hydrogen-bond donors (Lipinski definition) is 1. The predicted octanol–water partition coefficient (Wildman–Crippen LogP) is -0.562. The zero-order chi connectivity index (χ0) is 7.78. The highest BCUT2D eigenvalue weighted by Gasteiger charge is 2.45. The largest absolute Gasteiger partial charge is 0.467 e. The monoisotopic (exact) mass is 143 g/mol. The average molecular weight is 143 g/mol. The Kier molecular flexibility index (Phi) is 1.39. The quantitative estimate of drug-likeness (QED) is 0.395. The van der Waals surface area contributed by atoms with E-state index in [0.29, 0.717) is 0 Å². The Morgan fingerprint density at radius 3 is 2.60 bits per heavy atom. The Labute approximate surface area is 58.5 Å². The lowest BCUT2D eigenvalue weighted by Gasteiger charge is -2.35. The molecule has 1 amide bonds. The summed E-state index contributed by atoms with van der Waals surface area (Å²) in [6.45, 7) is 1.64. The van der Waals surface area contributed by atoms with Gasteiger partial charge >= 0.3 is 5.97 Å². The minimum absolute atomic E-state index is 0.104. The van der Waals surface area contributed by atoms with E-state index in [2.05, 4.69) is 10.1 Å². The van der Waals surface area contributed by atoms with Crippen molar-refractivity contribution in [2.45, 2.75) is 18.9 Å². The van der Waals surface area contributed by atoms with E-state index in [-0.39, 0.29) is 18.3 Å². The molecule has 1 rings (SSSR count). The number of ether oxygens (including phenoxy) is 1. The van der Waals surface area contributed by atoms with Crippen molar-refractivity contribution in [1.29, 1.82) is 0 Å². The number of esters is 1. The van der Waals surface area contributed by atoms with Crippen LogP contribution in [0, 0.1) is 0 Å². The van der Waals surface area contributed by atoms with Crippen LogP contribution in [0.25, 0.3) is 0 Å². The van der Waals surface area contributed by atoms with Crippen LogP contribution in [0.2, 0.25) is 0 Å². The molecule has 0 aromatic heterocycles. The molecule has 1 unspecified atom stereocenters. The Bertz CT molecular complexity index is 179. The zero-order valence-electron chi connectivity index (χ0n) is 5.93. The van der Waals surface area contributed by atoms with E-state index >= 15 is 0 Å². The lowest BCUT2D eigenvalue weighted by molar-refractivity contribution is -0.157. The van der Waals surface area contributed by atoms with Crippen LogP contribution in [-0.4, -0.2) is 24.5 Å². The summed E-state index contributed by atoms with van der Waals surface area (Å²) in [6.07, 6.45) is 0.236. The maximum Gasteiger partial charge on any atom is 0.331 e. The van der Waals surface area contributed by atoms with Gasteiger partial charge in [-0.2, -0.15) is 0 Å². The van der Waals surface area contributed by atoms with Gasteiger partial charge in [0.2, 0.25) is 5.91 Å². The fourth-order valence-electron chi connectivity index (χ4n) is 0.959. The van der Waals surface area contributed by atoms with Crippen LogP contribution in [0.3, 0.4) is 0 Å². The van der Waals surface area contributed by atoms with Gasteiger partial charge in [-0.15, -0.1) is 0 Å². The third-order valence-corrected chi connectivity index (χ3v) is 1.57. The van der Waals surface area contributed by atoms with Crippen molar-refractivity contribution in [3.8, 4) is 0 Å². The molecule has 1 fully saturated rings. The molecule has 4 heteroatoms. The van der Waals surface area contributed by atoms with Gasteiger partial charge in [0.25, 0.3) is 0 Å². The first kappa shape index (κ1) is 7.05. The topological polar surface area (TPSA) is 55.4 Å². The number of β-lactam (4-membered cyclic amide) rings is 1. The molecule has 0 aromatic rings. The molecule has 1 atom stereocenters. The fraction of sp³-hybridized carbons (Fsp3) is 0.667. The van der Waals surface area contributed by atoms with Crippen LogP contribution in [0.15, 0.2) is 0 Å². The summed E-state index contributed by atoms with van der Waals surface area (Å²) < 4.78 is 4.45. The minimum atomic E-state index is -0.758. The lowest BCUT2D eigenvalue weighted by Crippen LogP contribution is -2.64. The van der Waals surface area contributed by atoms with E-state index in [1.807, 2.05) is 0 Å². The summed E-state index contributed by atoms with van der Waals surface area (Å²) in [4.78, 5) is 21.2. The number of hydrogen-bond acceptors (Lipinski definition) is 3. The summed E-state index contributed by atoms with van der Waals surface area (Å²) >= 11 is 0. The van der Waals surface area contributed by atoms with Crippen LogP contribution < -0.4 is 5.32 Å². The molecule has 0 spiro atoms. The van der Waals surface area contributed by atoms with Gasteiger partial charge in [0.1, 0.15) is 5.54 Å². The van der Waals surface area contributed by atoms with Crippen LogP contribution in [0.4, 0.5) is 0 Å². The number of carbonyl (C=O) groups excluding carboxylic acids is 2. The molecule has 1 aliphatic rings. The van der Waals surface area contributed by atoms with Crippen molar-refractivity contribution in [2.24, 2.45) is 0 Å². The van der Waals surface area contributed by atoms with E-state index in [1.54, 1.807) is 6.92 Å². The average Bonchev–Trinajstić information content (AvgIpc) is 1.83. The normalized spacial score (nSPS) is 30.4. The second-order valence-corrected chi connectivity index (χ2v) is 2.55. The summed E-state index contributed by atoms with van der Waals surface area (Å²) in [7, 11) is 1.30. The van der Waals surface area contributed by atoms with Gasteiger partial charge in [0.15, 0.2) is 0 Å². The van der Waals surface area contributed by atoms with Gasteiger partial charge in [0.05, 0.1) is 13.5 Å². The Morgan fingerprint density at radius 1 is 1.80 bits per heavy atom. The SMILES string of the molecule is COC(=O)C1(C)CC(=O)N1. The molecule has 1 heterocycles.